The lowest BCUT2D eigenvalue weighted by atomic mass is 9.94. The predicted octanol–water partition coefficient (Wildman–Crippen LogP) is 4.49. The maximum Gasteiger partial charge on any atom is 0.260 e. The Hall–Kier alpha value is -2.86. The molecule has 0 amide bonds. The Morgan fingerprint density at radius 1 is 1.28 bits per heavy atom. The van der Waals surface area contributed by atoms with Crippen LogP contribution in [-0.4, -0.2) is 41.9 Å². The maximum absolute atomic E-state index is 13.4. The SMILES string of the molecule is CC(C)(CO)C(=O)n1nc(-c2cc(Br)cn(CCc3cnccn3)c2=O)cc1NCc1ccc(Cl)s1. The van der Waals surface area contributed by atoms with Gasteiger partial charge in [0, 0.05) is 53.2 Å². The van der Waals surface area contributed by atoms with Crippen LogP contribution in [0.1, 0.15) is 29.2 Å². The van der Waals surface area contributed by atoms with Crippen molar-refractivity contribution >= 4 is 50.6 Å². The molecule has 4 heterocycles. The quantitative estimate of drug-likeness (QED) is 0.295. The summed E-state index contributed by atoms with van der Waals surface area (Å²) in [5.41, 5.74) is 0.118. The van der Waals surface area contributed by atoms with Gasteiger partial charge in [-0.2, -0.15) is 9.78 Å². The number of nitrogens with one attached hydrogen (secondary N) is 1. The van der Waals surface area contributed by atoms with Gasteiger partial charge in [-0.3, -0.25) is 19.6 Å². The second-order valence-corrected chi connectivity index (χ2v) is 11.5. The van der Waals surface area contributed by atoms with Gasteiger partial charge in [-0.1, -0.05) is 11.6 Å². The number of halogens is 2. The van der Waals surface area contributed by atoms with Gasteiger partial charge in [0.15, 0.2) is 0 Å². The molecule has 0 unspecified atom stereocenters. The molecule has 12 heteroatoms. The number of hydrogen-bond acceptors (Lipinski definition) is 8. The molecule has 2 N–H and O–H groups in total. The number of hydrogen-bond donors (Lipinski definition) is 2. The lowest BCUT2D eigenvalue weighted by molar-refractivity contribution is 0.0616. The number of aliphatic hydroxyl groups excluding tert-OH is 1. The van der Waals surface area contributed by atoms with Crippen molar-refractivity contribution in [3.05, 3.63) is 78.8 Å². The summed E-state index contributed by atoms with van der Waals surface area (Å²) in [5, 5.41) is 17.5. The van der Waals surface area contributed by atoms with E-state index in [0.29, 0.717) is 45.4 Å². The smallest absolute Gasteiger partial charge is 0.260 e. The van der Waals surface area contributed by atoms with Gasteiger partial charge in [0.05, 0.1) is 34.2 Å². The zero-order valence-electron chi connectivity index (χ0n) is 19.6. The molecule has 0 atom stereocenters. The molecule has 0 aliphatic heterocycles. The Morgan fingerprint density at radius 2 is 2.08 bits per heavy atom. The van der Waals surface area contributed by atoms with Crippen molar-refractivity contribution in [2.24, 2.45) is 5.41 Å². The summed E-state index contributed by atoms with van der Waals surface area (Å²) in [6, 6.07) is 7.04. The summed E-state index contributed by atoms with van der Waals surface area (Å²) in [7, 11) is 0. The fourth-order valence-corrected chi connectivity index (χ4v) is 4.92. The molecule has 0 aliphatic carbocycles. The number of nitrogens with zero attached hydrogens (tertiary/aromatic N) is 5. The summed E-state index contributed by atoms with van der Waals surface area (Å²) in [4.78, 5) is 35.9. The Morgan fingerprint density at radius 3 is 2.75 bits per heavy atom. The molecule has 0 saturated heterocycles. The van der Waals surface area contributed by atoms with Crippen LogP contribution in [0.2, 0.25) is 4.34 Å². The normalized spacial score (nSPS) is 11.6. The van der Waals surface area contributed by atoms with Crippen molar-refractivity contribution < 1.29 is 9.90 Å². The van der Waals surface area contributed by atoms with Crippen LogP contribution >= 0.6 is 38.9 Å². The highest BCUT2D eigenvalue weighted by Crippen LogP contribution is 2.27. The first-order valence-corrected chi connectivity index (χ1v) is 13.1. The molecular weight excluding hydrogens is 568 g/mol. The third kappa shape index (κ3) is 5.92. The van der Waals surface area contributed by atoms with E-state index in [2.05, 4.69) is 36.3 Å². The van der Waals surface area contributed by atoms with Gasteiger partial charge in [0.2, 0.25) is 0 Å². The first-order valence-electron chi connectivity index (χ1n) is 11.1. The van der Waals surface area contributed by atoms with Crippen molar-refractivity contribution in [1.29, 1.82) is 0 Å². The molecule has 188 valence electrons. The summed E-state index contributed by atoms with van der Waals surface area (Å²) in [5.74, 6) is 0.00692. The minimum Gasteiger partial charge on any atom is -0.395 e. The number of pyridine rings is 1. The average molecular weight is 592 g/mol. The second-order valence-electron chi connectivity index (χ2n) is 8.75. The van der Waals surface area contributed by atoms with Crippen LogP contribution in [0.25, 0.3) is 11.3 Å². The summed E-state index contributed by atoms with van der Waals surface area (Å²) in [6.07, 6.45) is 7.11. The molecule has 9 nitrogen and oxygen atoms in total. The van der Waals surface area contributed by atoms with E-state index in [1.54, 1.807) is 61.4 Å². The van der Waals surface area contributed by atoms with Gasteiger partial charge in [-0.25, -0.2) is 0 Å². The molecule has 0 fully saturated rings. The molecule has 0 aliphatic rings. The van der Waals surface area contributed by atoms with Gasteiger partial charge in [-0.15, -0.1) is 11.3 Å². The molecule has 4 aromatic heterocycles. The van der Waals surface area contributed by atoms with Crippen molar-refractivity contribution in [3.63, 3.8) is 0 Å². The monoisotopic (exact) mass is 590 g/mol. The fraction of sp³-hybridized carbons (Fsp3) is 0.292. The Balaban J connectivity index is 1.70. The van der Waals surface area contributed by atoms with E-state index >= 15 is 0 Å². The van der Waals surface area contributed by atoms with Crippen LogP contribution in [0.15, 0.2) is 58.3 Å². The lowest BCUT2D eigenvalue weighted by Crippen LogP contribution is -2.34. The van der Waals surface area contributed by atoms with Crippen LogP contribution in [-0.2, 0) is 19.5 Å². The minimum atomic E-state index is -1.07. The molecule has 0 spiro atoms. The van der Waals surface area contributed by atoms with Gasteiger partial charge in [-0.05, 0) is 48.0 Å². The number of rotatable bonds is 9. The third-order valence-corrected chi connectivity index (χ3v) is 7.17. The molecular formula is C24H24BrClN6O3S. The Kier molecular flexibility index (Phi) is 8.04. The molecule has 4 aromatic rings. The second kappa shape index (κ2) is 11.0. The van der Waals surface area contributed by atoms with E-state index in [0.717, 1.165) is 10.6 Å². The van der Waals surface area contributed by atoms with E-state index in [1.165, 1.54) is 16.0 Å². The molecule has 0 aromatic carbocycles. The highest BCUT2D eigenvalue weighted by Gasteiger charge is 2.31. The molecule has 0 radical (unpaired) electrons. The fourth-order valence-electron chi connectivity index (χ4n) is 3.41. The average Bonchev–Trinajstić information content (AvgIpc) is 3.49. The van der Waals surface area contributed by atoms with Crippen LogP contribution in [0.4, 0.5) is 5.82 Å². The van der Waals surface area contributed by atoms with E-state index < -0.39 is 11.3 Å². The third-order valence-electron chi connectivity index (χ3n) is 5.50. The van der Waals surface area contributed by atoms with Gasteiger partial charge >= 0.3 is 0 Å². The number of aromatic nitrogens is 5. The number of anilines is 1. The molecule has 0 bridgehead atoms. The lowest BCUT2D eigenvalue weighted by Gasteiger charge is -2.20. The van der Waals surface area contributed by atoms with Gasteiger partial charge in [0.25, 0.3) is 11.5 Å². The first-order chi connectivity index (χ1) is 17.2. The maximum atomic E-state index is 13.4. The molecule has 36 heavy (non-hydrogen) atoms. The van der Waals surface area contributed by atoms with Crippen molar-refractivity contribution in [2.45, 2.75) is 33.4 Å². The van der Waals surface area contributed by atoms with E-state index in [-0.39, 0.29) is 12.2 Å². The van der Waals surface area contributed by atoms with Crippen molar-refractivity contribution in [1.82, 2.24) is 24.3 Å². The van der Waals surface area contributed by atoms with Gasteiger partial charge < -0.3 is 15.0 Å². The summed E-state index contributed by atoms with van der Waals surface area (Å²) in [6.45, 7) is 3.73. The minimum absolute atomic E-state index is 0.253. The predicted molar refractivity (Wildman–Crippen MR) is 144 cm³/mol. The first kappa shape index (κ1) is 26.2. The largest absolute Gasteiger partial charge is 0.395 e. The number of carbonyl (C=O) groups is 1. The van der Waals surface area contributed by atoms with Crippen LogP contribution in [0, 0.1) is 5.41 Å². The van der Waals surface area contributed by atoms with Crippen LogP contribution in [0.5, 0.6) is 0 Å². The summed E-state index contributed by atoms with van der Waals surface area (Å²) >= 11 is 10.9. The molecule has 4 rings (SSSR count). The Bertz CT molecular complexity index is 1430. The molecule has 0 saturated carbocycles. The van der Waals surface area contributed by atoms with Crippen molar-refractivity contribution in [2.75, 3.05) is 11.9 Å². The number of carbonyl (C=O) groups excluding carboxylic acids is 1. The van der Waals surface area contributed by atoms with Crippen LogP contribution in [0.3, 0.4) is 0 Å². The van der Waals surface area contributed by atoms with E-state index in [4.69, 9.17) is 11.6 Å². The number of aryl methyl sites for hydroxylation is 2. The zero-order valence-corrected chi connectivity index (χ0v) is 22.8. The van der Waals surface area contributed by atoms with E-state index in [9.17, 15) is 14.7 Å². The van der Waals surface area contributed by atoms with Crippen LogP contribution < -0.4 is 10.9 Å². The Labute approximate surface area is 224 Å². The highest BCUT2D eigenvalue weighted by atomic mass is 79.9. The highest BCUT2D eigenvalue weighted by molar-refractivity contribution is 9.10. The van der Waals surface area contributed by atoms with Crippen molar-refractivity contribution in [3.8, 4) is 11.3 Å². The van der Waals surface area contributed by atoms with E-state index in [1.807, 2.05) is 6.07 Å². The van der Waals surface area contributed by atoms with Gasteiger partial charge in [0.1, 0.15) is 11.5 Å². The zero-order chi connectivity index (χ0) is 25.9. The topological polar surface area (TPSA) is 115 Å². The number of thiophene rings is 1. The number of aliphatic hydroxyl groups is 1. The summed E-state index contributed by atoms with van der Waals surface area (Å²) < 4.78 is 4.14. The standard InChI is InChI=1S/C24H24BrClN6O3S/c1-24(2,14-33)23(35)32-21(29-12-17-3-4-20(26)36-17)10-19(30-32)18-9-15(25)13-31(22(18)34)8-5-16-11-27-6-7-28-16/h3-4,6-7,9-11,13,29,33H,5,8,12,14H2,1-2H3.